The molecule has 0 aliphatic carbocycles. The topological polar surface area (TPSA) is 102 Å². The third kappa shape index (κ3) is 3.65. The van der Waals surface area contributed by atoms with Crippen molar-refractivity contribution < 1.29 is 9.21 Å². The summed E-state index contributed by atoms with van der Waals surface area (Å²) >= 11 is 1.35. The maximum absolute atomic E-state index is 12.4. The molecule has 1 unspecified atom stereocenters. The lowest BCUT2D eigenvalue weighted by atomic mass is 10.3. The van der Waals surface area contributed by atoms with Crippen molar-refractivity contribution in [1.29, 1.82) is 0 Å². The highest BCUT2D eigenvalue weighted by Gasteiger charge is 2.18. The van der Waals surface area contributed by atoms with Crippen LogP contribution in [0.4, 0.5) is 0 Å². The summed E-state index contributed by atoms with van der Waals surface area (Å²) in [6.07, 6.45) is 1.60. The van der Waals surface area contributed by atoms with Crippen molar-refractivity contribution in [3.8, 4) is 11.6 Å². The molecule has 1 amide bonds. The molecule has 0 aliphatic rings. The second kappa shape index (κ2) is 7.89. The molecule has 8 nitrogen and oxygen atoms in total. The third-order valence-corrected chi connectivity index (χ3v) is 5.27. The van der Waals surface area contributed by atoms with E-state index in [1.54, 1.807) is 6.26 Å². The first-order valence-electron chi connectivity index (χ1n) is 8.99. The fourth-order valence-corrected chi connectivity index (χ4v) is 3.74. The standard InChI is InChI=1S/C19H20N6O2S/c1-3-25-18(15-9-6-10-27-15)23-24-19(25)28-11-16(26)20-12(2)17-21-13-7-4-5-8-14(13)22-17/h4-10,12H,3,11H2,1-2H3,(H,20,26)(H,21,22). The van der Waals surface area contributed by atoms with E-state index in [4.69, 9.17) is 4.42 Å². The lowest BCUT2D eigenvalue weighted by molar-refractivity contribution is -0.119. The number of carbonyl (C=O) groups excluding carboxylic acids is 1. The Morgan fingerprint density at radius 1 is 1.29 bits per heavy atom. The van der Waals surface area contributed by atoms with Crippen LogP contribution < -0.4 is 5.32 Å². The van der Waals surface area contributed by atoms with Crippen molar-refractivity contribution in [2.45, 2.75) is 31.6 Å². The van der Waals surface area contributed by atoms with Crippen LogP contribution in [0.2, 0.25) is 0 Å². The van der Waals surface area contributed by atoms with Gasteiger partial charge in [0.15, 0.2) is 16.7 Å². The van der Waals surface area contributed by atoms with Crippen LogP contribution in [-0.2, 0) is 11.3 Å². The second-order valence-corrected chi connectivity index (χ2v) is 7.19. The number of aromatic amines is 1. The minimum Gasteiger partial charge on any atom is -0.461 e. The van der Waals surface area contributed by atoms with E-state index in [1.807, 2.05) is 54.8 Å². The number of H-pyrrole nitrogens is 1. The largest absolute Gasteiger partial charge is 0.461 e. The fourth-order valence-electron chi connectivity index (χ4n) is 2.93. The number of hydrogen-bond acceptors (Lipinski definition) is 6. The van der Waals surface area contributed by atoms with Gasteiger partial charge in [0.2, 0.25) is 5.91 Å². The van der Waals surface area contributed by atoms with Crippen molar-refractivity contribution in [2.24, 2.45) is 0 Å². The normalized spacial score (nSPS) is 12.4. The second-order valence-electron chi connectivity index (χ2n) is 6.24. The molecular formula is C19H20N6O2S. The summed E-state index contributed by atoms with van der Waals surface area (Å²) in [6, 6.07) is 11.2. The Bertz CT molecular complexity index is 1050. The molecule has 0 saturated heterocycles. The van der Waals surface area contributed by atoms with E-state index in [1.165, 1.54) is 11.8 Å². The van der Waals surface area contributed by atoms with Crippen LogP contribution in [0.5, 0.6) is 0 Å². The number of carbonyl (C=O) groups is 1. The summed E-state index contributed by atoms with van der Waals surface area (Å²) in [7, 11) is 0. The van der Waals surface area contributed by atoms with Gasteiger partial charge in [-0.05, 0) is 38.1 Å². The molecule has 0 fully saturated rings. The van der Waals surface area contributed by atoms with E-state index in [0.29, 0.717) is 23.3 Å². The lowest BCUT2D eigenvalue weighted by Crippen LogP contribution is -2.29. The number of benzene rings is 1. The molecule has 0 bridgehead atoms. The van der Waals surface area contributed by atoms with E-state index in [9.17, 15) is 4.79 Å². The maximum atomic E-state index is 12.4. The van der Waals surface area contributed by atoms with Gasteiger partial charge in [-0.3, -0.25) is 9.36 Å². The molecule has 3 heterocycles. The quantitative estimate of drug-likeness (QED) is 0.464. The highest BCUT2D eigenvalue weighted by Crippen LogP contribution is 2.24. The molecule has 2 N–H and O–H groups in total. The number of fused-ring (bicyclic) bond motifs is 1. The molecule has 4 rings (SSSR count). The van der Waals surface area contributed by atoms with Crippen LogP contribution in [0.25, 0.3) is 22.6 Å². The van der Waals surface area contributed by atoms with E-state index < -0.39 is 0 Å². The first-order valence-corrected chi connectivity index (χ1v) is 9.98. The van der Waals surface area contributed by atoms with Gasteiger partial charge >= 0.3 is 0 Å². The van der Waals surface area contributed by atoms with E-state index >= 15 is 0 Å². The summed E-state index contributed by atoms with van der Waals surface area (Å²) in [5.41, 5.74) is 1.84. The van der Waals surface area contributed by atoms with Gasteiger partial charge in [0.25, 0.3) is 0 Å². The molecule has 0 spiro atoms. The Morgan fingerprint density at radius 3 is 2.89 bits per heavy atom. The molecule has 28 heavy (non-hydrogen) atoms. The zero-order chi connectivity index (χ0) is 19.5. The number of imidazole rings is 1. The Balaban J connectivity index is 1.39. The number of hydrogen-bond donors (Lipinski definition) is 2. The van der Waals surface area contributed by atoms with Crippen LogP contribution in [0.15, 0.2) is 52.2 Å². The van der Waals surface area contributed by atoms with Gasteiger partial charge in [0.05, 0.1) is 29.1 Å². The minimum atomic E-state index is -0.219. The van der Waals surface area contributed by atoms with Gasteiger partial charge < -0.3 is 14.7 Å². The number of rotatable bonds is 7. The van der Waals surface area contributed by atoms with Crippen LogP contribution in [0.1, 0.15) is 25.7 Å². The van der Waals surface area contributed by atoms with Crippen LogP contribution >= 0.6 is 11.8 Å². The number of para-hydroxylation sites is 2. The Kier molecular flexibility index (Phi) is 5.16. The van der Waals surface area contributed by atoms with Crippen LogP contribution in [0.3, 0.4) is 0 Å². The van der Waals surface area contributed by atoms with Crippen LogP contribution in [0, 0.1) is 0 Å². The molecule has 4 aromatic rings. The first kappa shape index (κ1) is 18.3. The third-order valence-electron chi connectivity index (χ3n) is 4.30. The van der Waals surface area contributed by atoms with Crippen molar-refractivity contribution in [3.63, 3.8) is 0 Å². The Labute approximate surface area is 165 Å². The number of amides is 1. The predicted octanol–water partition coefficient (Wildman–Crippen LogP) is 3.40. The number of nitrogens with zero attached hydrogens (tertiary/aromatic N) is 4. The maximum Gasteiger partial charge on any atom is 0.231 e. The van der Waals surface area contributed by atoms with Gasteiger partial charge in [0.1, 0.15) is 5.82 Å². The SMILES string of the molecule is CCn1c(SCC(=O)NC(C)c2nc3ccccc3[nH]2)nnc1-c1ccco1. The van der Waals surface area contributed by atoms with Crippen molar-refractivity contribution in [1.82, 2.24) is 30.0 Å². The van der Waals surface area contributed by atoms with E-state index in [0.717, 1.165) is 16.9 Å². The number of nitrogens with one attached hydrogen (secondary N) is 2. The molecule has 0 radical (unpaired) electrons. The van der Waals surface area contributed by atoms with E-state index in [-0.39, 0.29) is 17.7 Å². The average Bonchev–Trinajstić information content (AvgIpc) is 3.44. The first-order chi connectivity index (χ1) is 13.7. The number of aromatic nitrogens is 5. The zero-order valence-electron chi connectivity index (χ0n) is 15.5. The summed E-state index contributed by atoms with van der Waals surface area (Å²) < 4.78 is 7.34. The molecule has 0 aliphatic heterocycles. The minimum absolute atomic E-state index is 0.0943. The summed E-state index contributed by atoms with van der Waals surface area (Å²) in [5, 5.41) is 12.0. The van der Waals surface area contributed by atoms with Crippen LogP contribution in [-0.4, -0.2) is 36.4 Å². The van der Waals surface area contributed by atoms with Crippen molar-refractivity contribution in [2.75, 3.05) is 5.75 Å². The predicted molar refractivity (Wildman–Crippen MR) is 107 cm³/mol. The molecule has 3 aromatic heterocycles. The summed E-state index contributed by atoms with van der Waals surface area (Å²) in [4.78, 5) is 20.2. The van der Waals surface area contributed by atoms with Crippen molar-refractivity contribution >= 4 is 28.7 Å². The molecule has 1 atom stereocenters. The highest BCUT2D eigenvalue weighted by atomic mass is 32.2. The Morgan fingerprint density at radius 2 is 2.14 bits per heavy atom. The smallest absolute Gasteiger partial charge is 0.231 e. The highest BCUT2D eigenvalue weighted by molar-refractivity contribution is 7.99. The number of furan rings is 1. The zero-order valence-corrected chi connectivity index (χ0v) is 16.4. The van der Waals surface area contributed by atoms with Gasteiger partial charge in [-0.25, -0.2) is 4.98 Å². The van der Waals surface area contributed by atoms with Gasteiger partial charge in [0, 0.05) is 6.54 Å². The molecule has 1 aromatic carbocycles. The number of thioether (sulfide) groups is 1. The lowest BCUT2D eigenvalue weighted by Gasteiger charge is -2.11. The fraction of sp³-hybridized carbons (Fsp3) is 0.263. The van der Waals surface area contributed by atoms with Crippen molar-refractivity contribution in [3.05, 3.63) is 48.5 Å². The molecule has 9 heteroatoms. The van der Waals surface area contributed by atoms with Gasteiger partial charge in [-0.2, -0.15) is 0 Å². The molecular weight excluding hydrogens is 376 g/mol. The van der Waals surface area contributed by atoms with Gasteiger partial charge in [-0.15, -0.1) is 10.2 Å². The summed E-state index contributed by atoms with van der Waals surface area (Å²) in [5.74, 6) is 2.19. The summed E-state index contributed by atoms with van der Waals surface area (Å²) in [6.45, 7) is 4.59. The average molecular weight is 396 g/mol. The van der Waals surface area contributed by atoms with E-state index in [2.05, 4.69) is 25.5 Å². The molecule has 144 valence electrons. The molecule has 0 saturated carbocycles. The Hall–Kier alpha value is -3.07. The van der Waals surface area contributed by atoms with Gasteiger partial charge in [-0.1, -0.05) is 23.9 Å². The monoisotopic (exact) mass is 396 g/mol.